The molecule has 1 heterocycles. The zero-order chi connectivity index (χ0) is 24.2. The molecule has 3 aromatic carbocycles. The number of ether oxygens (including phenoxy) is 3. The molecule has 0 aromatic heterocycles. The number of nitrogens with zero attached hydrogens (tertiary/aromatic N) is 1. The Morgan fingerprint density at radius 1 is 0.765 bits per heavy atom. The van der Waals surface area contributed by atoms with E-state index in [1.807, 2.05) is 37.3 Å². The van der Waals surface area contributed by atoms with Gasteiger partial charge in [0.2, 0.25) is 0 Å². The molecular weight excluding hydrogens is 432 g/mol. The van der Waals surface area contributed by atoms with Gasteiger partial charge in [0.25, 0.3) is 11.8 Å². The molecule has 0 radical (unpaired) electrons. The van der Waals surface area contributed by atoms with Gasteiger partial charge in [0.15, 0.2) is 11.5 Å². The highest BCUT2D eigenvalue weighted by Gasteiger charge is 2.40. The molecule has 0 fully saturated rings. The third-order valence-corrected chi connectivity index (χ3v) is 5.66. The van der Waals surface area contributed by atoms with Gasteiger partial charge in [-0.05, 0) is 30.7 Å². The summed E-state index contributed by atoms with van der Waals surface area (Å²) < 4.78 is 16.2. The van der Waals surface area contributed by atoms with E-state index in [1.165, 1.54) is 19.1 Å². The van der Waals surface area contributed by atoms with Gasteiger partial charge in [-0.1, -0.05) is 48.0 Å². The van der Waals surface area contributed by atoms with E-state index < -0.39 is 11.8 Å². The van der Waals surface area contributed by atoms with Crippen molar-refractivity contribution in [1.29, 1.82) is 0 Å². The second kappa shape index (κ2) is 9.70. The summed E-state index contributed by atoms with van der Waals surface area (Å²) in [6.45, 7) is 2.15. The molecule has 7 heteroatoms. The molecule has 1 N–H and O–H groups in total. The average Bonchev–Trinajstić information content (AvgIpc) is 3.09. The molecule has 0 spiro atoms. The molecule has 4 rings (SSSR count). The Bertz CT molecular complexity index is 1260. The van der Waals surface area contributed by atoms with E-state index >= 15 is 0 Å². The molecule has 0 unspecified atom stereocenters. The highest BCUT2D eigenvalue weighted by molar-refractivity contribution is 6.36. The minimum atomic E-state index is -0.415. The van der Waals surface area contributed by atoms with Crippen LogP contribution in [0.1, 0.15) is 16.7 Å². The van der Waals surface area contributed by atoms with E-state index in [-0.39, 0.29) is 17.8 Å². The van der Waals surface area contributed by atoms with Crippen molar-refractivity contribution in [1.82, 2.24) is 4.90 Å². The van der Waals surface area contributed by atoms with Gasteiger partial charge in [0, 0.05) is 17.3 Å². The number of nitrogens with one attached hydrogen (secondary N) is 1. The lowest BCUT2D eigenvalue weighted by Crippen LogP contribution is -2.32. The van der Waals surface area contributed by atoms with Crippen molar-refractivity contribution in [3.63, 3.8) is 0 Å². The van der Waals surface area contributed by atoms with Crippen LogP contribution in [0, 0.1) is 6.92 Å². The number of para-hydroxylation sites is 1. The summed E-state index contributed by atoms with van der Waals surface area (Å²) >= 11 is 0. The molecule has 0 bridgehead atoms. The van der Waals surface area contributed by atoms with E-state index in [9.17, 15) is 9.59 Å². The number of hydrogen-bond donors (Lipinski definition) is 1. The molecule has 1 aliphatic rings. The predicted octanol–water partition coefficient (Wildman–Crippen LogP) is 4.41. The van der Waals surface area contributed by atoms with Gasteiger partial charge in [-0.2, -0.15) is 0 Å². The lowest BCUT2D eigenvalue weighted by Gasteiger charge is -2.16. The van der Waals surface area contributed by atoms with Crippen LogP contribution in [-0.4, -0.2) is 38.0 Å². The van der Waals surface area contributed by atoms with E-state index in [4.69, 9.17) is 14.2 Å². The van der Waals surface area contributed by atoms with Crippen LogP contribution in [-0.2, 0) is 16.1 Å². The van der Waals surface area contributed by atoms with Gasteiger partial charge in [-0.25, -0.2) is 0 Å². The van der Waals surface area contributed by atoms with Gasteiger partial charge in [0.1, 0.15) is 11.4 Å². The van der Waals surface area contributed by atoms with E-state index in [0.717, 1.165) is 11.1 Å². The molecule has 0 saturated carbocycles. The Kier molecular flexibility index (Phi) is 6.54. The molecule has 0 saturated heterocycles. The Morgan fingerprint density at radius 2 is 1.44 bits per heavy atom. The number of carbonyl (C=O) groups excluding carboxylic acids is 2. The van der Waals surface area contributed by atoms with Crippen LogP contribution in [0.5, 0.6) is 17.2 Å². The third kappa shape index (κ3) is 4.32. The van der Waals surface area contributed by atoms with Gasteiger partial charge >= 0.3 is 0 Å². The number of carbonyl (C=O) groups is 2. The summed E-state index contributed by atoms with van der Waals surface area (Å²) in [6, 6.07) is 20.1. The summed E-state index contributed by atoms with van der Waals surface area (Å²) in [5.41, 5.74) is 3.51. The van der Waals surface area contributed by atoms with Crippen LogP contribution in [0.2, 0.25) is 0 Å². The molecule has 174 valence electrons. The number of aryl methyl sites for hydroxylation is 1. The monoisotopic (exact) mass is 458 g/mol. The second-order valence-corrected chi connectivity index (χ2v) is 7.83. The van der Waals surface area contributed by atoms with Crippen molar-refractivity contribution in [3.8, 4) is 17.2 Å². The summed E-state index contributed by atoms with van der Waals surface area (Å²) in [6.07, 6.45) is 0. The van der Waals surface area contributed by atoms with Crippen LogP contribution in [0.15, 0.2) is 72.4 Å². The Balaban J connectivity index is 1.77. The molecule has 34 heavy (non-hydrogen) atoms. The Hall–Kier alpha value is -4.26. The molecule has 0 atom stereocenters. The number of amides is 2. The first-order valence-corrected chi connectivity index (χ1v) is 10.7. The topological polar surface area (TPSA) is 77.1 Å². The van der Waals surface area contributed by atoms with E-state index in [0.29, 0.717) is 28.5 Å². The Morgan fingerprint density at radius 3 is 2.12 bits per heavy atom. The van der Waals surface area contributed by atoms with Crippen molar-refractivity contribution in [2.45, 2.75) is 13.5 Å². The van der Waals surface area contributed by atoms with E-state index in [1.54, 1.807) is 43.5 Å². The van der Waals surface area contributed by atoms with Gasteiger partial charge in [-0.3, -0.25) is 14.5 Å². The van der Waals surface area contributed by atoms with Crippen molar-refractivity contribution >= 4 is 23.1 Å². The maximum atomic E-state index is 13.6. The molecule has 1 aliphatic heterocycles. The normalized spacial score (nSPS) is 13.4. The summed E-state index contributed by atoms with van der Waals surface area (Å²) in [5.74, 6) is 0.754. The predicted molar refractivity (Wildman–Crippen MR) is 130 cm³/mol. The van der Waals surface area contributed by atoms with Crippen molar-refractivity contribution in [2.24, 2.45) is 0 Å². The number of hydrogen-bond acceptors (Lipinski definition) is 6. The Labute approximate surface area is 198 Å². The minimum Gasteiger partial charge on any atom is -0.496 e. The fourth-order valence-corrected chi connectivity index (χ4v) is 3.87. The van der Waals surface area contributed by atoms with Gasteiger partial charge < -0.3 is 19.5 Å². The highest BCUT2D eigenvalue weighted by atomic mass is 16.5. The van der Waals surface area contributed by atoms with Crippen molar-refractivity contribution in [2.75, 3.05) is 26.6 Å². The number of benzene rings is 3. The van der Waals surface area contributed by atoms with Crippen molar-refractivity contribution in [3.05, 3.63) is 89.1 Å². The number of imide groups is 1. The summed E-state index contributed by atoms with van der Waals surface area (Å²) in [5, 5.41) is 3.15. The molecule has 3 aromatic rings. The summed E-state index contributed by atoms with van der Waals surface area (Å²) in [4.78, 5) is 28.4. The number of rotatable bonds is 8. The first-order chi connectivity index (χ1) is 16.5. The average molecular weight is 459 g/mol. The fourth-order valence-electron chi connectivity index (χ4n) is 3.87. The van der Waals surface area contributed by atoms with Crippen LogP contribution in [0.3, 0.4) is 0 Å². The maximum absolute atomic E-state index is 13.6. The zero-order valence-electron chi connectivity index (χ0n) is 19.5. The molecular formula is C27H26N2O5. The number of anilines is 1. The van der Waals surface area contributed by atoms with Gasteiger partial charge in [0.05, 0.1) is 33.4 Å². The summed E-state index contributed by atoms with van der Waals surface area (Å²) in [7, 11) is 4.62. The quantitative estimate of drug-likeness (QED) is 0.504. The molecule has 2 amide bonds. The van der Waals surface area contributed by atoms with Crippen LogP contribution in [0.4, 0.5) is 5.69 Å². The van der Waals surface area contributed by atoms with Crippen molar-refractivity contribution < 1.29 is 23.8 Å². The first-order valence-electron chi connectivity index (χ1n) is 10.7. The van der Waals surface area contributed by atoms with Crippen LogP contribution in [0.25, 0.3) is 5.57 Å². The number of methoxy groups -OCH3 is 3. The highest BCUT2D eigenvalue weighted by Crippen LogP contribution is 2.37. The lowest BCUT2D eigenvalue weighted by molar-refractivity contribution is -0.137. The third-order valence-electron chi connectivity index (χ3n) is 5.66. The zero-order valence-corrected chi connectivity index (χ0v) is 19.5. The first kappa shape index (κ1) is 22.9. The van der Waals surface area contributed by atoms with Crippen LogP contribution >= 0.6 is 0 Å². The fraction of sp³-hybridized carbons (Fsp3) is 0.185. The molecule has 7 nitrogen and oxygen atoms in total. The SMILES string of the molecule is COc1ccc(NC2=C(c3ccccc3OC)C(=O)N(Cc3ccc(C)cc3)C2=O)cc1OC. The molecule has 0 aliphatic carbocycles. The smallest absolute Gasteiger partial charge is 0.278 e. The lowest BCUT2D eigenvalue weighted by atomic mass is 10.0. The minimum absolute atomic E-state index is 0.160. The maximum Gasteiger partial charge on any atom is 0.278 e. The van der Waals surface area contributed by atoms with E-state index in [2.05, 4.69) is 5.32 Å². The second-order valence-electron chi connectivity index (χ2n) is 7.83. The van der Waals surface area contributed by atoms with Gasteiger partial charge in [-0.15, -0.1) is 0 Å². The van der Waals surface area contributed by atoms with Crippen LogP contribution < -0.4 is 19.5 Å². The largest absolute Gasteiger partial charge is 0.496 e. The standard InChI is InChI=1S/C27H26N2O5/c1-17-9-11-18(12-10-17)16-29-26(30)24(20-7-5-6-8-21(20)32-2)25(27(29)31)28-19-13-14-22(33-3)23(15-19)34-4/h5-15,28H,16H2,1-4H3.